The first kappa shape index (κ1) is 65.6. The lowest BCUT2D eigenvalue weighted by Crippen LogP contribution is -2.61. The number of unbranched alkanes of at least 4 members (excludes halogenated alkanes) is 20. The molecular weight excluding hydrogens is 895 g/mol. The molecule has 1 heterocycles. The van der Waals surface area contributed by atoms with E-state index < -0.39 is 67.4 Å². The molecule has 1 fully saturated rings. The summed E-state index contributed by atoms with van der Waals surface area (Å²) in [5.41, 5.74) is 0. The number of carbonyl (C=O) groups excluding carboxylic acids is 2. The molecule has 1 amide bonds. The number of carbonyl (C=O) groups is 2. The zero-order chi connectivity index (χ0) is 51.8. The fourth-order valence-corrected chi connectivity index (χ4v) is 8.08. The number of ether oxygens (including phenoxy) is 3. The minimum atomic E-state index is -1.64. The molecule has 8 unspecified atom stereocenters. The topological polar surface area (TPSA) is 175 Å². The Bertz CT molecular complexity index is 1520. The van der Waals surface area contributed by atoms with Crippen LogP contribution in [0, 0.1) is 0 Å². The van der Waals surface area contributed by atoms with Crippen LogP contribution in [0.25, 0.3) is 0 Å². The molecule has 1 rings (SSSR count). The summed E-state index contributed by atoms with van der Waals surface area (Å²) >= 11 is 0. The van der Waals surface area contributed by atoms with Gasteiger partial charge in [0.1, 0.15) is 24.4 Å². The van der Waals surface area contributed by atoms with Gasteiger partial charge in [0.15, 0.2) is 12.4 Å². The Hall–Kier alpha value is -3.42. The van der Waals surface area contributed by atoms with Crippen molar-refractivity contribution in [3.63, 3.8) is 0 Å². The van der Waals surface area contributed by atoms with Crippen molar-refractivity contribution < 1.29 is 49.3 Å². The van der Waals surface area contributed by atoms with E-state index in [2.05, 4.69) is 74.7 Å². The summed E-state index contributed by atoms with van der Waals surface area (Å²) in [7, 11) is 0. The van der Waals surface area contributed by atoms with Gasteiger partial charge >= 0.3 is 5.97 Å². The van der Waals surface area contributed by atoms with E-state index in [0.29, 0.717) is 12.8 Å². The zero-order valence-electron chi connectivity index (χ0n) is 44.6. The number of allylic oxidation sites excluding steroid dienone is 15. The number of hydrogen-bond acceptors (Lipinski definition) is 10. The molecule has 11 heteroatoms. The van der Waals surface area contributed by atoms with Gasteiger partial charge in [-0.2, -0.15) is 0 Å². The van der Waals surface area contributed by atoms with Gasteiger partial charge in [0.25, 0.3) is 0 Å². The minimum absolute atomic E-state index is 0.0697. The van der Waals surface area contributed by atoms with Crippen molar-refractivity contribution in [3.8, 4) is 0 Å². The monoisotopic (exact) mass is 996 g/mol. The highest BCUT2D eigenvalue weighted by molar-refractivity contribution is 5.80. The molecule has 0 spiro atoms. The average Bonchev–Trinajstić information content (AvgIpc) is 3.37. The number of esters is 1. The van der Waals surface area contributed by atoms with Crippen LogP contribution in [0.5, 0.6) is 0 Å². The summed E-state index contributed by atoms with van der Waals surface area (Å²) < 4.78 is 17.5. The Morgan fingerprint density at radius 2 is 1.07 bits per heavy atom. The summed E-state index contributed by atoms with van der Waals surface area (Å²) in [4.78, 5) is 26.4. The van der Waals surface area contributed by atoms with Gasteiger partial charge in [-0.3, -0.25) is 9.59 Å². The SMILES string of the molecule is CC/C=C/C=C/C=C\C=C/CCCCCC(=O)OC1C(OCC(NC(=O)C(O)CCCCC/C=C\C/C=C\C/C=C\CCCCC)C(O)/C=C/CCCCCCCCCCCCC)OC(CO)C(O)C1O. The molecular formula is C60H101NO10. The molecule has 6 N–H and O–H groups in total. The van der Waals surface area contributed by atoms with Crippen molar-refractivity contribution in [1.82, 2.24) is 5.32 Å². The van der Waals surface area contributed by atoms with E-state index in [1.807, 2.05) is 42.5 Å². The minimum Gasteiger partial charge on any atom is -0.454 e. The zero-order valence-corrected chi connectivity index (χ0v) is 44.6. The first-order valence-corrected chi connectivity index (χ1v) is 28.1. The standard InChI is InChI=1S/C60H101NO10/c1-4-7-10-13-16-19-22-25-26-27-30-32-35-38-41-44-47-53(64)59(68)61-51(52(63)46-43-40-37-34-31-28-23-20-17-14-11-8-5-2)50-69-60-58(57(67)56(66)54(49-62)70-60)71-55(65)48-45-42-39-36-33-29-24-21-18-15-12-9-6-3/h9,12,15-16,18-19,21,24-26,29-30,32-33,43,46,51-54,56-58,60,62-64,66-67H,4-8,10-11,13-14,17,20,22-23,27-28,31,34-42,44-45,47-50H2,1-3H3,(H,61,68)/b12-9+,18-15+,19-16-,24-21-,26-25-,32-30-,33-29-,46-43+. The Morgan fingerprint density at radius 1 is 0.577 bits per heavy atom. The Morgan fingerprint density at radius 3 is 1.68 bits per heavy atom. The highest BCUT2D eigenvalue weighted by Gasteiger charge is 2.47. The van der Waals surface area contributed by atoms with Crippen LogP contribution < -0.4 is 5.32 Å². The van der Waals surface area contributed by atoms with Crippen LogP contribution in [0.1, 0.15) is 207 Å². The fourth-order valence-electron chi connectivity index (χ4n) is 8.08. The van der Waals surface area contributed by atoms with E-state index >= 15 is 0 Å². The number of aliphatic hydroxyl groups excluding tert-OH is 5. The highest BCUT2D eigenvalue weighted by Crippen LogP contribution is 2.26. The lowest BCUT2D eigenvalue weighted by Gasteiger charge is -2.41. The quantitative estimate of drug-likeness (QED) is 0.0149. The van der Waals surface area contributed by atoms with E-state index in [4.69, 9.17) is 14.2 Å². The van der Waals surface area contributed by atoms with Crippen molar-refractivity contribution >= 4 is 11.9 Å². The highest BCUT2D eigenvalue weighted by atomic mass is 16.7. The van der Waals surface area contributed by atoms with Crippen LogP contribution in [-0.2, 0) is 23.8 Å². The van der Waals surface area contributed by atoms with Crippen molar-refractivity contribution in [2.75, 3.05) is 13.2 Å². The third-order valence-corrected chi connectivity index (χ3v) is 12.6. The molecule has 0 radical (unpaired) electrons. The Balaban J connectivity index is 2.81. The number of hydrogen-bond donors (Lipinski definition) is 6. The van der Waals surface area contributed by atoms with Crippen LogP contribution >= 0.6 is 0 Å². The van der Waals surface area contributed by atoms with Gasteiger partial charge in [-0.05, 0) is 83.5 Å². The van der Waals surface area contributed by atoms with Crippen molar-refractivity contribution in [3.05, 3.63) is 97.2 Å². The summed E-state index contributed by atoms with van der Waals surface area (Å²) in [6.07, 6.45) is 51.6. The van der Waals surface area contributed by atoms with Crippen molar-refractivity contribution in [2.24, 2.45) is 0 Å². The van der Waals surface area contributed by atoms with Crippen LogP contribution in [0.3, 0.4) is 0 Å². The number of amides is 1. The van der Waals surface area contributed by atoms with Gasteiger partial charge in [0.05, 0.1) is 25.4 Å². The Labute approximate surface area is 431 Å². The van der Waals surface area contributed by atoms with Crippen LogP contribution in [-0.4, -0.2) is 99.6 Å². The molecule has 0 aliphatic carbocycles. The normalized spacial score (nSPS) is 20.4. The van der Waals surface area contributed by atoms with E-state index in [9.17, 15) is 35.1 Å². The van der Waals surface area contributed by atoms with Crippen LogP contribution in [0.4, 0.5) is 0 Å². The first-order chi connectivity index (χ1) is 34.7. The second kappa shape index (κ2) is 47.6. The maximum atomic E-state index is 13.4. The van der Waals surface area contributed by atoms with Gasteiger partial charge in [-0.1, -0.05) is 214 Å². The molecule has 1 saturated heterocycles. The van der Waals surface area contributed by atoms with Gasteiger partial charge in [-0.15, -0.1) is 0 Å². The van der Waals surface area contributed by atoms with Crippen molar-refractivity contribution in [1.29, 1.82) is 0 Å². The lowest BCUT2D eigenvalue weighted by molar-refractivity contribution is -0.305. The molecule has 0 bridgehead atoms. The fraction of sp³-hybridized carbons (Fsp3) is 0.700. The molecule has 0 aromatic heterocycles. The number of rotatable bonds is 45. The molecule has 0 saturated carbocycles. The van der Waals surface area contributed by atoms with Gasteiger partial charge in [-0.25, -0.2) is 0 Å². The molecule has 406 valence electrons. The third-order valence-electron chi connectivity index (χ3n) is 12.6. The molecule has 8 atom stereocenters. The first-order valence-electron chi connectivity index (χ1n) is 28.1. The lowest BCUT2D eigenvalue weighted by atomic mass is 9.99. The van der Waals surface area contributed by atoms with Crippen molar-refractivity contribution in [2.45, 2.75) is 256 Å². The van der Waals surface area contributed by atoms with E-state index in [0.717, 1.165) is 89.9 Å². The molecule has 1 aliphatic heterocycles. The summed E-state index contributed by atoms with van der Waals surface area (Å²) in [6.45, 7) is 5.55. The van der Waals surface area contributed by atoms with E-state index in [1.54, 1.807) is 6.08 Å². The summed E-state index contributed by atoms with van der Waals surface area (Å²) in [5.74, 6) is -1.27. The summed E-state index contributed by atoms with van der Waals surface area (Å²) in [5, 5.41) is 56.7. The summed E-state index contributed by atoms with van der Waals surface area (Å²) in [6, 6.07) is -1.05. The molecule has 0 aromatic rings. The predicted octanol–water partition coefficient (Wildman–Crippen LogP) is 12.4. The Kier molecular flexibility index (Phi) is 44.0. The van der Waals surface area contributed by atoms with Crippen LogP contribution in [0.15, 0.2) is 97.2 Å². The van der Waals surface area contributed by atoms with Gasteiger partial charge < -0.3 is 45.1 Å². The molecule has 11 nitrogen and oxygen atoms in total. The van der Waals surface area contributed by atoms with E-state index in [1.165, 1.54) is 70.6 Å². The second-order valence-electron chi connectivity index (χ2n) is 19.0. The van der Waals surface area contributed by atoms with Gasteiger partial charge in [0.2, 0.25) is 5.91 Å². The van der Waals surface area contributed by atoms with Crippen LogP contribution in [0.2, 0.25) is 0 Å². The molecule has 0 aromatic carbocycles. The van der Waals surface area contributed by atoms with Gasteiger partial charge in [0, 0.05) is 6.42 Å². The van der Waals surface area contributed by atoms with E-state index in [-0.39, 0.29) is 19.4 Å². The predicted molar refractivity (Wildman–Crippen MR) is 292 cm³/mol. The maximum Gasteiger partial charge on any atom is 0.306 e. The third kappa shape index (κ3) is 36.2. The second-order valence-corrected chi connectivity index (χ2v) is 19.0. The largest absolute Gasteiger partial charge is 0.454 e. The smallest absolute Gasteiger partial charge is 0.306 e. The average molecular weight is 996 g/mol. The maximum absolute atomic E-state index is 13.4. The molecule has 1 aliphatic rings. The number of aliphatic hydroxyl groups is 5. The number of nitrogens with one attached hydrogen (secondary N) is 1. The molecule has 71 heavy (non-hydrogen) atoms.